The van der Waals surface area contributed by atoms with Crippen LogP contribution in [0.25, 0.3) is 6.08 Å². The van der Waals surface area contributed by atoms with Crippen molar-refractivity contribution in [2.45, 2.75) is 20.8 Å². The molecule has 0 bridgehead atoms. The Hall–Kier alpha value is -2.26. The lowest BCUT2D eigenvalue weighted by Crippen LogP contribution is -1.99. The number of aromatic hydroxyl groups is 1. The third kappa shape index (κ3) is 4.14. The molecule has 0 radical (unpaired) electrons. The smallest absolute Gasteiger partial charge is 0.189 e. The number of carbonyl (C=O) groups is 1. The van der Waals surface area contributed by atoms with E-state index in [0.29, 0.717) is 17.4 Å². The van der Waals surface area contributed by atoms with Crippen molar-refractivity contribution in [3.05, 3.63) is 63.7 Å². The second kappa shape index (κ2) is 7.34. The van der Waals surface area contributed by atoms with Gasteiger partial charge in [-0.1, -0.05) is 23.7 Å². The van der Waals surface area contributed by atoms with Crippen LogP contribution in [0.1, 0.15) is 34.0 Å². The monoisotopic (exact) mass is 330 g/mol. The van der Waals surface area contributed by atoms with Crippen LogP contribution in [0.5, 0.6) is 11.5 Å². The summed E-state index contributed by atoms with van der Waals surface area (Å²) in [5, 5.41) is 10.6. The molecule has 0 unspecified atom stereocenters. The van der Waals surface area contributed by atoms with Gasteiger partial charge in [0.1, 0.15) is 11.5 Å². The van der Waals surface area contributed by atoms with Crippen LogP contribution in [0.4, 0.5) is 0 Å². The fourth-order valence-electron chi connectivity index (χ4n) is 2.21. The van der Waals surface area contributed by atoms with Crippen LogP contribution in [-0.4, -0.2) is 17.5 Å². The number of halogens is 1. The molecule has 2 aromatic rings. The van der Waals surface area contributed by atoms with E-state index in [1.54, 1.807) is 12.1 Å². The van der Waals surface area contributed by atoms with Gasteiger partial charge in [0.15, 0.2) is 5.78 Å². The molecule has 3 nitrogen and oxygen atoms in total. The highest BCUT2D eigenvalue weighted by molar-refractivity contribution is 6.32. The van der Waals surface area contributed by atoms with Crippen LogP contribution in [0, 0.1) is 13.8 Å². The molecule has 4 heteroatoms. The minimum atomic E-state index is -0.287. The molecular formula is C19H19ClO3. The van der Waals surface area contributed by atoms with Crippen LogP contribution < -0.4 is 4.74 Å². The molecule has 0 saturated carbocycles. The molecule has 0 amide bonds. The Kier molecular flexibility index (Phi) is 5.45. The molecule has 0 atom stereocenters. The summed E-state index contributed by atoms with van der Waals surface area (Å²) in [6.07, 6.45) is 3.06. The fourth-order valence-corrected chi connectivity index (χ4v) is 2.51. The summed E-state index contributed by atoms with van der Waals surface area (Å²) in [6.45, 7) is 6.15. The van der Waals surface area contributed by atoms with Crippen molar-refractivity contribution in [2.75, 3.05) is 6.61 Å². The number of hydrogen-bond donors (Lipinski definition) is 1. The molecule has 0 fully saturated rings. The zero-order valence-corrected chi connectivity index (χ0v) is 14.1. The Morgan fingerprint density at radius 1 is 1.26 bits per heavy atom. The summed E-state index contributed by atoms with van der Waals surface area (Å²) in [4.78, 5) is 12.3. The van der Waals surface area contributed by atoms with Crippen molar-refractivity contribution < 1.29 is 14.6 Å². The first kappa shape index (κ1) is 17.1. The lowest BCUT2D eigenvalue weighted by Gasteiger charge is -2.09. The van der Waals surface area contributed by atoms with Gasteiger partial charge in [-0.05, 0) is 61.7 Å². The van der Waals surface area contributed by atoms with Crippen molar-refractivity contribution in [1.29, 1.82) is 0 Å². The zero-order chi connectivity index (χ0) is 17.0. The molecule has 0 aliphatic rings. The molecule has 2 aromatic carbocycles. The Bertz CT molecular complexity index is 763. The predicted molar refractivity (Wildman–Crippen MR) is 93.6 cm³/mol. The number of ether oxygens (including phenoxy) is 1. The SMILES string of the molecule is CCOc1cc(O)c(C(=O)/C=C/c2ccc(C)cc2Cl)cc1C. The van der Waals surface area contributed by atoms with Crippen molar-refractivity contribution in [3.8, 4) is 11.5 Å². The van der Waals surface area contributed by atoms with Gasteiger partial charge < -0.3 is 9.84 Å². The maximum atomic E-state index is 12.3. The van der Waals surface area contributed by atoms with E-state index in [1.165, 1.54) is 12.1 Å². The van der Waals surface area contributed by atoms with E-state index in [9.17, 15) is 9.90 Å². The molecule has 0 saturated heterocycles. The highest BCUT2D eigenvalue weighted by Gasteiger charge is 2.12. The Balaban J connectivity index is 2.27. The molecular weight excluding hydrogens is 312 g/mol. The second-order valence-corrected chi connectivity index (χ2v) is 5.70. The van der Waals surface area contributed by atoms with E-state index in [4.69, 9.17) is 16.3 Å². The first-order valence-electron chi connectivity index (χ1n) is 7.37. The highest BCUT2D eigenvalue weighted by atomic mass is 35.5. The maximum absolute atomic E-state index is 12.3. The first-order valence-corrected chi connectivity index (χ1v) is 7.75. The Labute approximate surface area is 141 Å². The number of phenolic OH excluding ortho intramolecular Hbond substituents is 1. The van der Waals surface area contributed by atoms with Gasteiger partial charge in [0, 0.05) is 11.1 Å². The molecule has 0 aliphatic heterocycles. The van der Waals surface area contributed by atoms with Crippen molar-refractivity contribution in [2.24, 2.45) is 0 Å². The van der Waals surface area contributed by atoms with Gasteiger partial charge in [0.2, 0.25) is 0 Å². The number of ketones is 1. The number of phenols is 1. The topological polar surface area (TPSA) is 46.5 Å². The van der Waals surface area contributed by atoms with Crippen LogP contribution in [0.3, 0.4) is 0 Å². The summed E-state index contributed by atoms with van der Waals surface area (Å²) in [6, 6.07) is 8.71. The lowest BCUT2D eigenvalue weighted by atomic mass is 10.0. The fraction of sp³-hybridized carbons (Fsp3) is 0.211. The third-order valence-electron chi connectivity index (χ3n) is 3.43. The first-order chi connectivity index (χ1) is 10.9. The van der Waals surface area contributed by atoms with Gasteiger partial charge in [-0.3, -0.25) is 4.79 Å². The summed E-state index contributed by atoms with van der Waals surface area (Å²) < 4.78 is 5.40. The van der Waals surface area contributed by atoms with E-state index in [1.807, 2.05) is 39.0 Å². The van der Waals surface area contributed by atoms with Gasteiger partial charge in [0.25, 0.3) is 0 Å². The molecule has 120 valence electrons. The van der Waals surface area contributed by atoms with Crippen LogP contribution in [0.15, 0.2) is 36.4 Å². The van der Waals surface area contributed by atoms with E-state index < -0.39 is 0 Å². The normalized spacial score (nSPS) is 11.0. The molecule has 0 heterocycles. The van der Waals surface area contributed by atoms with Gasteiger partial charge in [0.05, 0.1) is 12.2 Å². The van der Waals surface area contributed by atoms with Crippen molar-refractivity contribution in [3.63, 3.8) is 0 Å². The van der Waals surface area contributed by atoms with E-state index >= 15 is 0 Å². The number of rotatable bonds is 5. The third-order valence-corrected chi connectivity index (χ3v) is 3.76. The Morgan fingerprint density at radius 3 is 2.65 bits per heavy atom. The number of allylic oxidation sites excluding steroid dienone is 1. The van der Waals surface area contributed by atoms with Gasteiger partial charge in [-0.2, -0.15) is 0 Å². The number of benzene rings is 2. The van der Waals surface area contributed by atoms with E-state index in [0.717, 1.165) is 16.7 Å². The number of carbonyl (C=O) groups excluding carboxylic acids is 1. The zero-order valence-electron chi connectivity index (χ0n) is 13.4. The molecule has 1 N–H and O–H groups in total. The van der Waals surface area contributed by atoms with Crippen molar-refractivity contribution in [1.82, 2.24) is 0 Å². The minimum Gasteiger partial charge on any atom is -0.507 e. The number of hydrogen-bond acceptors (Lipinski definition) is 3. The van der Waals surface area contributed by atoms with E-state index in [2.05, 4.69) is 0 Å². The van der Waals surface area contributed by atoms with Crippen LogP contribution in [0.2, 0.25) is 5.02 Å². The summed E-state index contributed by atoms with van der Waals surface area (Å²) in [7, 11) is 0. The van der Waals surface area contributed by atoms with Gasteiger partial charge in [-0.15, -0.1) is 0 Å². The standard InChI is InChI=1S/C19H19ClO3/c1-4-23-19-11-18(22)15(10-13(19)3)17(21)8-7-14-6-5-12(2)9-16(14)20/h5-11,22H,4H2,1-3H3/b8-7+. The lowest BCUT2D eigenvalue weighted by molar-refractivity contribution is 0.104. The second-order valence-electron chi connectivity index (χ2n) is 5.29. The van der Waals surface area contributed by atoms with Gasteiger partial charge >= 0.3 is 0 Å². The molecule has 2 rings (SSSR count). The Morgan fingerprint density at radius 2 is 2.00 bits per heavy atom. The predicted octanol–water partition coefficient (Wildman–Crippen LogP) is 4.96. The minimum absolute atomic E-state index is 0.0938. The molecule has 23 heavy (non-hydrogen) atoms. The maximum Gasteiger partial charge on any atom is 0.189 e. The summed E-state index contributed by atoms with van der Waals surface area (Å²) in [5.41, 5.74) is 2.85. The molecule has 0 aliphatic carbocycles. The quantitative estimate of drug-likeness (QED) is 0.622. The largest absolute Gasteiger partial charge is 0.507 e. The average molecular weight is 331 g/mol. The van der Waals surface area contributed by atoms with E-state index in [-0.39, 0.29) is 17.1 Å². The summed E-state index contributed by atoms with van der Waals surface area (Å²) in [5.74, 6) is 0.195. The molecule has 0 aromatic heterocycles. The van der Waals surface area contributed by atoms with Crippen LogP contribution in [-0.2, 0) is 0 Å². The number of aryl methyl sites for hydroxylation is 2. The average Bonchev–Trinajstić information content (AvgIpc) is 2.49. The van der Waals surface area contributed by atoms with Crippen molar-refractivity contribution >= 4 is 23.5 Å². The molecule has 0 spiro atoms. The summed E-state index contributed by atoms with van der Waals surface area (Å²) >= 11 is 6.14. The highest BCUT2D eigenvalue weighted by Crippen LogP contribution is 2.29. The van der Waals surface area contributed by atoms with Crippen LogP contribution >= 0.6 is 11.6 Å². The van der Waals surface area contributed by atoms with Gasteiger partial charge in [-0.25, -0.2) is 0 Å².